The molecule has 0 aliphatic carbocycles. The van der Waals surface area contributed by atoms with E-state index in [1.54, 1.807) is 54.9 Å². The van der Waals surface area contributed by atoms with E-state index in [9.17, 15) is 28.0 Å². The summed E-state index contributed by atoms with van der Waals surface area (Å²) in [5, 5.41) is -0.173. The van der Waals surface area contributed by atoms with Gasteiger partial charge in [0.25, 0.3) is 27.8 Å². The van der Waals surface area contributed by atoms with E-state index in [0.717, 1.165) is 3.57 Å². The van der Waals surface area contributed by atoms with Gasteiger partial charge in [-0.3, -0.25) is 22.8 Å². The fourth-order valence-corrected chi connectivity index (χ4v) is 9.79. The second kappa shape index (κ2) is 31.0. The van der Waals surface area contributed by atoms with Gasteiger partial charge >= 0.3 is 41.9 Å². The van der Waals surface area contributed by atoms with Gasteiger partial charge in [-0.1, -0.05) is 138 Å². The summed E-state index contributed by atoms with van der Waals surface area (Å²) >= 11 is 17.6. The Morgan fingerprint density at radius 2 is 1.15 bits per heavy atom. The van der Waals surface area contributed by atoms with Crippen LogP contribution in [0.15, 0.2) is 131 Å². The Morgan fingerprint density at radius 3 is 1.58 bits per heavy atom. The molecule has 3 aromatic carbocycles. The summed E-state index contributed by atoms with van der Waals surface area (Å²) in [6, 6.07) is 24.9. The van der Waals surface area contributed by atoms with Crippen molar-refractivity contribution in [2.45, 2.75) is 111 Å². The van der Waals surface area contributed by atoms with Gasteiger partial charge in [0.1, 0.15) is 17.1 Å². The number of esters is 2. The van der Waals surface area contributed by atoms with E-state index < -0.39 is 51.3 Å². The van der Waals surface area contributed by atoms with Crippen LogP contribution in [0.3, 0.4) is 0 Å². The van der Waals surface area contributed by atoms with Gasteiger partial charge < -0.3 is 18.3 Å². The quantitative estimate of drug-likeness (QED) is 0.0404. The van der Waals surface area contributed by atoms with Crippen molar-refractivity contribution >= 4 is 99.3 Å². The molecule has 81 heavy (non-hydrogen) atoms. The van der Waals surface area contributed by atoms with Crippen molar-refractivity contribution < 1.29 is 53.0 Å². The molecule has 7 rings (SSSR count). The molecule has 0 aliphatic heterocycles. The minimum atomic E-state index is -2.47. The van der Waals surface area contributed by atoms with Crippen molar-refractivity contribution in [2.24, 2.45) is 0 Å². The zero-order valence-electron chi connectivity index (χ0n) is 48.6. The summed E-state index contributed by atoms with van der Waals surface area (Å²) in [6.45, 7) is 30.0. The van der Waals surface area contributed by atoms with Crippen LogP contribution in [0.25, 0.3) is 11.3 Å². The molecule has 0 aliphatic rings. The number of allylic oxidation sites excluding steroid dienone is 4. The first-order chi connectivity index (χ1) is 37.8. The van der Waals surface area contributed by atoms with Gasteiger partial charge in [0.2, 0.25) is 11.5 Å². The predicted octanol–water partition coefficient (Wildman–Crippen LogP) is 16.5. The molecule has 4 heterocycles. The number of hydrogen-bond donors (Lipinski definition) is 0. The van der Waals surface area contributed by atoms with Crippen LogP contribution in [0.2, 0.25) is 46.3 Å². The van der Waals surface area contributed by atoms with Crippen LogP contribution in [0.4, 0.5) is 8.78 Å². The molecule has 0 bridgehead atoms. The number of aromatic nitrogens is 4. The molecule has 4 aromatic heterocycles. The molecule has 0 saturated carbocycles. The van der Waals surface area contributed by atoms with Gasteiger partial charge in [-0.15, -0.1) is 6.07 Å². The van der Waals surface area contributed by atoms with E-state index in [0.29, 0.717) is 28.3 Å². The van der Waals surface area contributed by atoms with E-state index in [-0.39, 0.29) is 55.1 Å². The number of halogens is 6. The summed E-state index contributed by atoms with van der Waals surface area (Å²) in [6.07, 6.45) is 12.1. The number of carbonyl (C=O) groups is 2. The maximum atomic E-state index is 14.3. The molecule has 0 radical (unpaired) electrons. The van der Waals surface area contributed by atoms with Crippen molar-refractivity contribution in [3.05, 3.63) is 214 Å². The molecule has 0 fully saturated rings. The molecular formula is C60H70BrCl2F2IN4O8Si2Zn. The number of pyridine rings is 2. The van der Waals surface area contributed by atoms with Crippen LogP contribution in [0.1, 0.15) is 110 Å². The second-order valence-corrected chi connectivity index (χ2v) is 32.8. The van der Waals surface area contributed by atoms with Crippen LogP contribution in [0.5, 0.6) is 11.5 Å². The van der Waals surface area contributed by atoms with E-state index >= 15 is 0 Å². The molecule has 0 N–H and O–H groups in total. The standard InChI is InChI=1S/C23H26ClFN2O4Si.C16H21IN2O4Si.C14H18.C7H5ClF.BrH.Zn/c1-23(2,3)32(5,6)31-20-19(22(29)30-4)26-17-11-10-14(13-27(17)21(20)28)12-15-8-7-9-16(24)18(15)25;1-16(2,3)24(5,6)23-13-12(15(21)22-4)18-11-8-7-10(17)9-19(11)14(13)20;1-4-8-13(9-5-2)14-11-7-6-10-12(14)3;1-5-3-2-4-6(8)7(5)9;;/h7-11,13H,12H2,1-6H3;7-9H,1-6H3;4-11,13H,1-3H3;2-4H,1H2;1H;/q;;;-1;;+2/p-1/b;;8-4+,9-5+;;;. The van der Waals surface area contributed by atoms with Crippen molar-refractivity contribution in [1.82, 2.24) is 18.8 Å². The van der Waals surface area contributed by atoms with Gasteiger partial charge in [-0.25, -0.2) is 23.9 Å². The number of aryl methyl sites for hydroxylation is 1. The normalized spacial score (nSPS) is 11.7. The number of ether oxygens (including phenoxy) is 2. The van der Waals surface area contributed by atoms with Gasteiger partial charge in [-0.05, 0) is 126 Å². The first-order valence-corrected chi connectivity index (χ1v) is 40.0. The summed E-state index contributed by atoms with van der Waals surface area (Å²) < 4.78 is 52.5. The molecule has 0 saturated heterocycles. The van der Waals surface area contributed by atoms with E-state index in [1.165, 1.54) is 62.6 Å². The van der Waals surface area contributed by atoms with Crippen LogP contribution >= 0.6 is 59.4 Å². The van der Waals surface area contributed by atoms with E-state index in [2.05, 4.69) is 143 Å². The Kier molecular flexibility index (Phi) is 26.9. The fraction of sp³-hybridized carbons (Fsp3) is 0.317. The van der Waals surface area contributed by atoms with Crippen molar-refractivity contribution in [1.29, 1.82) is 0 Å². The second-order valence-electron chi connectivity index (χ2n) is 21.3. The molecule has 0 amide bonds. The van der Waals surface area contributed by atoms with Gasteiger partial charge in [0, 0.05) is 39.1 Å². The van der Waals surface area contributed by atoms with E-state index in [4.69, 9.17) is 41.5 Å². The van der Waals surface area contributed by atoms with Gasteiger partial charge in [-0.2, -0.15) is 18.6 Å². The first kappa shape index (κ1) is 70.2. The molecule has 0 unspecified atom stereocenters. The van der Waals surface area contributed by atoms with Gasteiger partial charge in [0.15, 0.2) is 11.4 Å². The molecular weight excluding hydrogens is 1340 g/mol. The number of nitrogens with zero attached hydrogens (tertiary/aromatic N) is 4. The van der Waals surface area contributed by atoms with Crippen molar-refractivity contribution in [2.75, 3.05) is 14.2 Å². The summed E-state index contributed by atoms with van der Waals surface area (Å²) in [5.41, 5.74) is 3.65. The Labute approximate surface area is 517 Å². The molecule has 0 atom stereocenters. The van der Waals surface area contributed by atoms with Crippen molar-refractivity contribution in [3.8, 4) is 11.5 Å². The fourth-order valence-electron chi connectivity index (χ4n) is 6.94. The Hall–Kier alpha value is -5.02. The van der Waals surface area contributed by atoms with Crippen LogP contribution in [0, 0.1) is 29.1 Å². The molecule has 0 spiro atoms. The third-order valence-electron chi connectivity index (χ3n) is 13.5. The van der Waals surface area contributed by atoms with Crippen molar-refractivity contribution in [3.63, 3.8) is 0 Å². The number of benzene rings is 3. The summed E-state index contributed by atoms with van der Waals surface area (Å²) in [5.74, 6) is -2.10. The first-order valence-electron chi connectivity index (χ1n) is 25.4. The molecule has 430 valence electrons. The number of carbonyl (C=O) groups excluding carboxylic acids is 2. The Bertz CT molecular complexity index is 3480. The average molecular weight is 1410 g/mol. The van der Waals surface area contributed by atoms with Crippen LogP contribution in [-0.4, -0.2) is 61.6 Å². The average Bonchev–Trinajstić information content (AvgIpc) is 3.42. The topological polar surface area (TPSA) is 140 Å². The minimum absolute atomic E-state index is 0.0343. The third-order valence-corrected chi connectivity index (χ3v) is 23.4. The maximum absolute atomic E-state index is 14.3. The number of rotatable bonds is 11. The summed E-state index contributed by atoms with van der Waals surface area (Å²) in [7, 11) is -2.31. The third kappa shape index (κ3) is 18.7. The van der Waals surface area contributed by atoms with E-state index in [1.807, 2.05) is 53.0 Å². The predicted molar refractivity (Wildman–Crippen MR) is 337 cm³/mol. The number of fused-ring (bicyclic) bond motifs is 2. The van der Waals surface area contributed by atoms with Crippen LogP contribution in [-0.2, 0) is 32.2 Å². The molecule has 21 heteroatoms. The number of hydrogen-bond acceptors (Lipinski definition) is 10. The zero-order valence-corrected chi connectivity index (χ0v) is 58.8. The monoisotopic (exact) mass is 1410 g/mol. The molecule has 7 aromatic rings. The number of methoxy groups -OCH3 is 2. The zero-order chi connectivity index (χ0) is 61.4. The summed E-state index contributed by atoms with van der Waals surface area (Å²) in [4.78, 5) is 59.5. The SMILES string of the molecule is C/C=C/C(/C=C/C)c1ccccc1C.COC(=O)c1nc2ccc(Cc3cccc(Cl)c3F)cn2c(=O)c1O[Si](C)(C)C(C)(C)C.COC(=O)c1nc2ccc(I)cn2c(=O)c1O[Si](C)(C)C(C)(C)C.[CH2-]c1cccc(Cl)c1F.[Zn+][Br]. The van der Waals surface area contributed by atoms with Gasteiger partial charge in [0.05, 0.1) is 19.2 Å². The van der Waals surface area contributed by atoms with Crippen LogP contribution < -0.4 is 20.0 Å². The Morgan fingerprint density at radius 1 is 0.704 bits per heavy atom. The molecule has 12 nitrogen and oxygen atoms in total. The Balaban J connectivity index is 0.000000307.